The summed E-state index contributed by atoms with van der Waals surface area (Å²) < 4.78 is 13.6. The fraction of sp³-hybridized carbons (Fsp3) is 0.238. The Balaban J connectivity index is 1.49. The van der Waals surface area contributed by atoms with Crippen molar-refractivity contribution in [3.63, 3.8) is 0 Å². The van der Waals surface area contributed by atoms with E-state index >= 15 is 0 Å². The van der Waals surface area contributed by atoms with Crippen molar-refractivity contribution in [3.8, 4) is 0 Å². The Bertz CT molecular complexity index is 1090. The minimum Gasteiger partial charge on any atom is -0.358 e. The number of carbonyl (C=O) groups is 1. The molecular formula is C21H20FN3O2. The molecule has 6 heteroatoms. The van der Waals surface area contributed by atoms with Gasteiger partial charge in [0.1, 0.15) is 5.82 Å². The summed E-state index contributed by atoms with van der Waals surface area (Å²) in [5.41, 5.74) is 3.49. The van der Waals surface area contributed by atoms with Gasteiger partial charge in [-0.05, 0) is 36.8 Å². The topological polar surface area (TPSA) is 65.2 Å². The van der Waals surface area contributed by atoms with Crippen LogP contribution in [0.2, 0.25) is 0 Å². The van der Waals surface area contributed by atoms with Crippen LogP contribution in [0.15, 0.2) is 47.3 Å². The number of aromatic nitrogens is 1. The quantitative estimate of drug-likeness (QED) is 0.750. The lowest BCUT2D eigenvalue weighted by molar-refractivity contribution is -0.117. The predicted octanol–water partition coefficient (Wildman–Crippen LogP) is 2.97. The maximum Gasteiger partial charge on any atom is 0.238 e. The molecule has 5 nitrogen and oxygen atoms in total. The molecule has 0 atom stereocenters. The van der Waals surface area contributed by atoms with Gasteiger partial charge in [0.15, 0.2) is 5.43 Å². The average molecular weight is 365 g/mol. The van der Waals surface area contributed by atoms with E-state index in [-0.39, 0.29) is 23.7 Å². The summed E-state index contributed by atoms with van der Waals surface area (Å²) >= 11 is 0. The Morgan fingerprint density at radius 3 is 2.89 bits per heavy atom. The van der Waals surface area contributed by atoms with Gasteiger partial charge in [-0.15, -0.1) is 0 Å². The largest absolute Gasteiger partial charge is 0.358 e. The van der Waals surface area contributed by atoms with Crippen molar-refractivity contribution in [3.05, 3.63) is 75.3 Å². The first-order chi connectivity index (χ1) is 13.0. The molecule has 0 bridgehead atoms. The predicted molar refractivity (Wildman–Crippen MR) is 103 cm³/mol. The van der Waals surface area contributed by atoms with Gasteiger partial charge in [-0.1, -0.05) is 18.2 Å². The van der Waals surface area contributed by atoms with Crippen LogP contribution in [0.5, 0.6) is 0 Å². The maximum absolute atomic E-state index is 13.6. The van der Waals surface area contributed by atoms with Crippen LogP contribution in [-0.4, -0.2) is 28.9 Å². The third kappa shape index (κ3) is 3.48. The first-order valence-electron chi connectivity index (χ1n) is 8.92. The van der Waals surface area contributed by atoms with Crippen molar-refractivity contribution >= 4 is 22.5 Å². The summed E-state index contributed by atoms with van der Waals surface area (Å²) in [5.74, 6) is -0.572. The second-order valence-corrected chi connectivity index (χ2v) is 6.93. The fourth-order valence-corrected chi connectivity index (χ4v) is 3.49. The third-order valence-electron chi connectivity index (χ3n) is 4.98. The molecule has 0 aliphatic carbocycles. The molecule has 4 rings (SSSR count). The molecule has 0 unspecified atom stereocenters. The van der Waals surface area contributed by atoms with Crippen LogP contribution in [-0.2, 0) is 17.8 Å². The van der Waals surface area contributed by atoms with E-state index in [1.165, 1.54) is 6.07 Å². The molecule has 2 aromatic carbocycles. The minimum absolute atomic E-state index is 0.0186. The molecule has 2 heterocycles. The highest BCUT2D eigenvalue weighted by atomic mass is 19.1. The number of aromatic amines is 1. The number of rotatable bonds is 3. The van der Waals surface area contributed by atoms with Crippen molar-refractivity contribution in [2.24, 2.45) is 0 Å². The van der Waals surface area contributed by atoms with E-state index in [4.69, 9.17) is 0 Å². The van der Waals surface area contributed by atoms with Gasteiger partial charge in [0, 0.05) is 47.4 Å². The lowest BCUT2D eigenvalue weighted by Gasteiger charge is -2.27. The molecule has 1 aliphatic heterocycles. The zero-order valence-electron chi connectivity index (χ0n) is 15.0. The Labute approximate surface area is 155 Å². The molecule has 1 amide bonds. The van der Waals surface area contributed by atoms with E-state index in [2.05, 4.69) is 10.3 Å². The van der Waals surface area contributed by atoms with Gasteiger partial charge < -0.3 is 10.3 Å². The number of hydrogen-bond acceptors (Lipinski definition) is 3. The van der Waals surface area contributed by atoms with E-state index < -0.39 is 0 Å². The number of nitrogens with one attached hydrogen (secondary N) is 2. The number of amides is 1. The zero-order chi connectivity index (χ0) is 19.0. The second kappa shape index (κ2) is 6.96. The van der Waals surface area contributed by atoms with Crippen LogP contribution in [0.25, 0.3) is 10.9 Å². The number of nitrogens with zero attached hydrogens (tertiary/aromatic N) is 1. The number of benzene rings is 2. The van der Waals surface area contributed by atoms with E-state index in [1.807, 2.05) is 29.2 Å². The van der Waals surface area contributed by atoms with Crippen molar-refractivity contribution in [1.82, 2.24) is 9.88 Å². The van der Waals surface area contributed by atoms with Gasteiger partial charge in [-0.3, -0.25) is 14.5 Å². The fourth-order valence-electron chi connectivity index (χ4n) is 3.49. The van der Waals surface area contributed by atoms with Crippen molar-refractivity contribution in [2.45, 2.75) is 19.9 Å². The number of aryl methyl sites for hydroxylation is 1. The highest BCUT2D eigenvalue weighted by molar-refractivity contribution is 5.92. The lowest BCUT2D eigenvalue weighted by atomic mass is 10.0. The summed E-state index contributed by atoms with van der Waals surface area (Å²) in [6, 6.07) is 12.1. The van der Waals surface area contributed by atoms with Crippen molar-refractivity contribution in [2.75, 3.05) is 18.4 Å². The first kappa shape index (κ1) is 17.4. The van der Waals surface area contributed by atoms with E-state index in [1.54, 1.807) is 19.1 Å². The standard InChI is InChI=1S/C21H20FN3O2/c1-13-6-7-14(10-17(13)22)23-20(26)12-25-9-8-19-16(11-25)21(27)15-4-2-3-5-18(15)24-19/h2-7,10H,8-9,11-12H2,1H3,(H,23,26)(H,24,27). The molecule has 0 radical (unpaired) electrons. The van der Waals surface area contributed by atoms with Gasteiger partial charge in [-0.25, -0.2) is 4.39 Å². The minimum atomic E-state index is -0.349. The highest BCUT2D eigenvalue weighted by Gasteiger charge is 2.22. The second-order valence-electron chi connectivity index (χ2n) is 6.93. The Kier molecular flexibility index (Phi) is 4.49. The smallest absolute Gasteiger partial charge is 0.238 e. The van der Waals surface area contributed by atoms with E-state index in [0.29, 0.717) is 41.7 Å². The number of anilines is 1. The Morgan fingerprint density at radius 2 is 2.07 bits per heavy atom. The molecule has 138 valence electrons. The number of para-hydroxylation sites is 1. The van der Waals surface area contributed by atoms with E-state index in [9.17, 15) is 14.0 Å². The summed E-state index contributed by atoms with van der Waals surface area (Å²) in [5, 5.41) is 3.38. The van der Waals surface area contributed by atoms with Crippen molar-refractivity contribution in [1.29, 1.82) is 0 Å². The first-order valence-corrected chi connectivity index (χ1v) is 8.92. The molecular weight excluding hydrogens is 345 g/mol. The Hall–Kier alpha value is -2.99. The number of hydrogen-bond donors (Lipinski definition) is 2. The lowest BCUT2D eigenvalue weighted by Crippen LogP contribution is -2.39. The summed E-state index contributed by atoms with van der Waals surface area (Å²) in [7, 11) is 0. The van der Waals surface area contributed by atoms with Gasteiger partial charge in [0.05, 0.1) is 6.54 Å². The molecule has 27 heavy (non-hydrogen) atoms. The molecule has 0 saturated carbocycles. The van der Waals surface area contributed by atoms with Gasteiger partial charge >= 0.3 is 0 Å². The number of fused-ring (bicyclic) bond motifs is 2. The molecule has 0 spiro atoms. The van der Waals surface area contributed by atoms with Gasteiger partial charge in [0.25, 0.3) is 0 Å². The summed E-state index contributed by atoms with van der Waals surface area (Å²) in [6.07, 6.45) is 0.682. The molecule has 2 N–H and O–H groups in total. The van der Waals surface area contributed by atoms with Gasteiger partial charge in [0.2, 0.25) is 5.91 Å². The van der Waals surface area contributed by atoms with E-state index in [0.717, 1.165) is 11.2 Å². The molecule has 1 aliphatic rings. The zero-order valence-corrected chi connectivity index (χ0v) is 15.0. The van der Waals surface area contributed by atoms with Crippen LogP contribution in [0.4, 0.5) is 10.1 Å². The Morgan fingerprint density at radius 1 is 1.26 bits per heavy atom. The monoisotopic (exact) mass is 365 g/mol. The molecule has 0 saturated heterocycles. The van der Waals surface area contributed by atoms with Crippen LogP contribution < -0.4 is 10.7 Å². The molecule has 3 aromatic rings. The number of halogens is 1. The summed E-state index contributed by atoms with van der Waals surface area (Å²) in [6.45, 7) is 2.93. The number of pyridine rings is 1. The molecule has 1 aromatic heterocycles. The van der Waals surface area contributed by atoms with Crippen LogP contribution >= 0.6 is 0 Å². The average Bonchev–Trinajstić information content (AvgIpc) is 2.65. The SMILES string of the molecule is Cc1ccc(NC(=O)CN2CCc3[nH]c4ccccc4c(=O)c3C2)cc1F. The summed E-state index contributed by atoms with van der Waals surface area (Å²) in [4.78, 5) is 30.4. The van der Waals surface area contributed by atoms with Crippen molar-refractivity contribution < 1.29 is 9.18 Å². The normalized spacial score (nSPS) is 14.1. The highest BCUT2D eigenvalue weighted by Crippen LogP contribution is 2.18. The van der Waals surface area contributed by atoms with Crippen LogP contribution in [0, 0.1) is 12.7 Å². The number of carbonyl (C=O) groups excluding carboxylic acids is 1. The molecule has 0 fully saturated rings. The number of H-pyrrole nitrogens is 1. The maximum atomic E-state index is 13.6. The van der Waals surface area contributed by atoms with Gasteiger partial charge in [-0.2, -0.15) is 0 Å². The third-order valence-corrected chi connectivity index (χ3v) is 4.98. The van der Waals surface area contributed by atoms with Crippen LogP contribution in [0.1, 0.15) is 16.8 Å². The van der Waals surface area contributed by atoms with Crippen LogP contribution in [0.3, 0.4) is 0 Å².